The Kier molecular flexibility index (Phi) is 2.82. The van der Waals surface area contributed by atoms with Crippen LogP contribution in [-0.2, 0) is 5.75 Å². The Labute approximate surface area is 125 Å². The molecule has 2 heterocycles. The number of H-pyrrole nitrogens is 2. The third-order valence-electron chi connectivity index (χ3n) is 3.27. The molecule has 0 aliphatic carbocycles. The molecule has 4 rings (SSSR count). The largest absolute Gasteiger partial charge is 0.399 e. The number of imidazole rings is 2. The zero-order valence-electron chi connectivity index (χ0n) is 11.1. The number of anilines is 1. The summed E-state index contributed by atoms with van der Waals surface area (Å²) in [6.07, 6.45) is 0. The van der Waals surface area contributed by atoms with Crippen LogP contribution in [0.1, 0.15) is 5.82 Å². The number of para-hydroxylation sites is 2. The lowest BCUT2D eigenvalue weighted by Gasteiger charge is -1.93. The molecule has 104 valence electrons. The van der Waals surface area contributed by atoms with Crippen molar-refractivity contribution in [2.45, 2.75) is 10.9 Å². The van der Waals surface area contributed by atoms with Crippen molar-refractivity contribution >= 4 is 39.5 Å². The third-order valence-corrected chi connectivity index (χ3v) is 4.15. The number of aromatic nitrogens is 4. The van der Waals surface area contributed by atoms with Crippen LogP contribution in [0.5, 0.6) is 0 Å². The highest BCUT2D eigenvalue weighted by atomic mass is 32.2. The summed E-state index contributed by atoms with van der Waals surface area (Å²) < 4.78 is 0. The van der Waals surface area contributed by atoms with Crippen molar-refractivity contribution in [1.29, 1.82) is 0 Å². The molecule has 4 N–H and O–H groups in total. The molecule has 5 nitrogen and oxygen atoms in total. The number of fused-ring (bicyclic) bond motifs is 2. The number of nitrogen functional groups attached to an aromatic ring is 1. The average molecular weight is 295 g/mol. The number of nitrogens with one attached hydrogen (secondary N) is 2. The fourth-order valence-corrected chi connectivity index (χ4v) is 3.04. The van der Waals surface area contributed by atoms with Crippen LogP contribution >= 0.6 is 11.8 Å². The summed E-state index contributed by atoms with van der Waals surface area (Å²) in [7, 11) is 0. The van der Waals surface area contributed by atoms with Crippen molar-refractivity contribution in [3.63, 3.8) is 0 Å². The molecule has 0 spiro atoms. The van der Waals surface area contributed by atoms with Crippen molar-refractivity contribution < 1.29 is 0 Å². The molecule has 0 aliphatic rings. The summed E-state index contributed by atoms with van der Waals surface area (Å²) in [6, 6.07) is 13.7. The standard InChI is InChI=1S/C15H13N5S/c16-9-5-6-12-13(7-9)18-14(17-12)8-21-15-19-10-3-1-2-4-11(10)20-15/h1-7H,8,16H2,(H,17,18)(H,19,20). The molecular formula is C15H13N5S. The molecule has 0 atom stereocenters. The third kappa shape index (κ3) is 2.34. The lowest BCUT2D eigenvalue weighted by molar-refractivity contribution is 1.06. The van der Waals surface area contributed by atoms with Crippen LogP contribution < -0.4 is 5.73 Å². The van der Waals surface area contributed by atoms with Crippen molar-refractivity contribution in [2.24, 2.45) is 0 Å². The number of nitrogens with zero attached hydrogens (tertiary/aromatic N) is 2. The van der Waals surface area contributed by atoms with Gasteiger partial charge in [0.25, 0.3) is 0 Å². The summed E-state index contributed by atoms with van der Waals surface area (Å²) >= 11 is 1.63. The van der Waals surface area contributed by atoms with Gasteiger partial charge in [-0.15, -0.1) is 0 Å². The fraction of sp³-hybridized carbons (Fsp3) is 0.0667. The first-order chi connectivity index (χ1) is 10.3. The maximum atomic E-state index is 5.77. The first-order valence-electron chi connectivity index (χ1n) is 6.59. The van der Waals surface area contributed by atoms with E-state index in [9.17, 15) is 0 Å². The second kappa shape index (κ2) is 4.82. The van der Waals surface area contributed by atoms with Crippen molar-refractivity contribution in [3.8, 4) is 0 Å². The molecule has 4 aromatic rings. The van der Waals surface area contributed by atoms with Crippen molar-refractivity contribution in [2.75, 3.05) is 5.73 Å². The zero-order chi connectivity index (χ0) is 14.2. The van der Waals surface area contributed by atoms with E-state index < -0.39 is 0 Å². The number of nitrogens with two attached hydrogens (primary N) is 1. The van der Waals surface area contributed by atoms with Gasteiger partial charge in [-0.25, -0.2) is 9.97 Å². The van der Waals surface area contributed by atoms with Gasteiger partial charge in [-0.05, 0) is 30.3 Å². The number of hydrogen-bond donors (Lipinski definition) is 3. The maximum Gasteiger partial charge on any atom is 0.166 e. The lowest BCUT2D eigenvalue weighted by atomic mass is 10.3. The van der Waals surface area contributed by atoms with Gasteiger partial charge in [0.1, 0.15) is 5.82 Å². The van der Waals surface area contributed by atoms with Gasteiger partial charge in [-0.2, -0.15) is 0 Å². The van der Waals surface area contributed by atoms with Gasteiger partial charge in [0.2, 0.25) is 0 Å². The van der Waals surface area contributed by atoms with Gasteiger partial charge in [0, 0.05) is 5.69 Å². The normalized spacial score (nSPS) is 11.4. The minimum Gasteiger partial charge on any atom is -0.399 e. The van der Waals surface area contributed by atoms with Gasteiger partial charge in [0.05, 0.1) is 27.8 Å². The molecular weight excluding hydrogens is 282 g/mol. The highest BCUT2D eigenvalue weighted by Gasteiger charge is 2.06. The Morgan fingerprint density at radius 1 is 0.952 bits per heavy atom. The Bertz CT molecular complexity index is 891. The van der Waals surface area contributed by atoms with Crippen LogP contribution in [0, 0.1) is 0 Å². The summed E-state index contributed by atoms with van der Waals surface area (Å²) in [6.45, 7) is 0. The van der Waals surface area contributed by atoms with Gasteiger partial charge < -0.3 is 15.7 Å². The summed E-state index contributed by atoms with van der Waals surface area (Å²) in [5, 5.41) is 0.899. The Morgan fingerprint density at radius 2 is 1.81 bits per heavy atom. The Hall–Kier alpha value is -2.47. The molecule has 0 amide bonds. The number of aromatic amines is 2. The maximum absolute atomic E-state index is 5.77. The minimum absolute atomic E-state index is 0.731. The van der Waals surface area contributed by atoms with Crippen LogP contribution in [0.15, 0.2) is 47.6 Å². The molecule has 0 saturated carbocycles. The SMILES string of the molecule is Nc1ccc2nc(CSc3nc4ccccc4[nH]3)[nH]c2c1. The molecule has 0 saturated heterocycles. The second-order valence-electron chi connectivity index (χ2n) is 4.81. The fourth-order valence-electron chi connectivity index (χ4n) is 2.28. The van der Waals surface area contributed by atoms with E-state index in [1.807, 2.05) is 42.5 Å². The molecule has 2 aromatic carbocycles. The molecule has 6 heteroatoms. The van der Waals surface area contributed by atoms with E-state index in [4.69, 9.17) is 5.73 Å². The zero-order valence-corrected chi connectivity index (χ0v) is 11.9. The Balaban J connectivity index is 1.57. The van der Waals surface area contributed by atoms with Gasteiger partial charge in [0.15, 0.2) is 5.16 Å². The highest BCUT2D eigenvalue weighted by Crippen LogP contribution is 2.23. The molecule has 0 radical (unpaired) electrons. The van der Waals surface area contributed by atoms with Crippen molar-refractivity contribution in [3.05, 3.63) is 48.3 Å². The van der Waals surface area contributed by atoms with E-state index in [-0.39, 0.29) is 0 Å². The highest BCUT2D eigenvalue weighted by molar-refractivity contribution is 7.98. The average Bonchev–Trinajstić information content (AvgIpc) is 3.07. The van der Waals surface area contributed by atoms with E-state index in [0.29, 0.717) is 0 Å². The van der Waals surface area contributed by atoms with E-state index in [1.165, 1.54) is 0 Å². The molecule has 0 unspecified atom stereocenters. The number of thioether (sulfide) groups is 1. The monoisotopic (exact) mass is 295 g/mol. The number of rotatable bonds is 3. The molecule has 0 aliphatic heterocycles. The second-order valence-corrected chi connectivity index (χ2v) is 5.77. The topological polar surface area (TPSA) is 83.4 Å². The van der Waals surface area contributed by atoms with Gasteiger partial charge in [-0.1, -0.05) is 23.9 Å². The van der Waals surface area contributed by atoms with Crippen LogP contribution in [0.4, 0.5) is 5.69 Å². The van der Waals surface area contributed by atoms with Crippen LogP contribution in [0.2, 0.25) is 0 Å². The minimum atomic E-state index is 0.731. The Morgan fingerprint density at radius 3 is 2.71 bits per heavy atom. The smallest absolute Gasteiger partial charge is 0.166 e. The first-order valence-corrected chi connectivity index (χ1v) is 7.58. The van der Waals surface area contributed by atoms with E-state index in [0.717, 1.165) is 44.5 Å². The predicted octanol–water partition coefficient (Wildman–Crippen LogP) is 3.31. The van der Waals surface area contributed by atoms with Crippen LogP contribution in [0.25, 0.3) is 22.1 Å². The van der Waals surface area contributed by atoms with Crippen LogP contribution in [0.3, 0.4) is 0 Å². The molecule has 21 heavy (non-hydrogen) atoms. The van der Waals surface area contributed by atoms with E-state index in [2.05, 4.69) is 19.9 Å². The van der Waals surface area contributed by atoms with Gasteiger partial charge >= 0.3 is 0 Å². The quantitative estimate of drug-likeness (QED) is 0.400. The summed E-state index contributed by atoms with van der Waals surface area (Å²) in [4.78, 5) is 15.7. The molecule has 2 aromatic heterocycles. The number of hydrogen-bond acceptors (Lipinski definition) is 4. The lowest BCUT2D eigenvalue weighted by Crippen LogP contribution is -1.84. The van der Waals surface area contributed by atoms with E-state index >= 15 is 0 Å². The van der Waals surface area contributed by atoms with E-state index in [1.54, 1.807) is 11.8 Å². The predicted molar refractivity (Wildman–Crippen MR) is 86.2 cm³/mol. The van der Waals surface area contributed by atoms with Crippen LogP contribution in [-0.4, -0.2) is 19.9 Å². The summed E-state index contributed by atoms with van der Waals surface area (Å²) in [5.41, 5.74) is 10.5. The first kappa shape index (κ1) is 12.3. The van der Waals surface area contributed by atoms with Gasteiger partial charge in [-0.3, -0.25) is 0 Å². The molecule has 0 fully saturated rings. The van der Waals surface area contributed by atoms with Crippen molar-refractivity contribution in [1.82, 2.24) is 19.9 Å². The number of benzene rings is 2. The molecule has 0 bridgehead atoms. The summed E-state index contributed by atoms with van der Waals surface area (Å²) in [5.74, 6) is 1.65.